The van der Waals surface area contributed by atoms with Gasteiger partial charge in [0.25, 0.3) is 5.91 Å². The van der Waals surface area contributed by atoms with Gasteiger partial charge in [-0.3, -0.25) is 9.59 Å². The smallest absolute Gasteiger partial charge is 0.272 e. The summed E-state index contributed by atoms with van der Waals surface area (Å²) in [6.45, 7) is 2.55. The Morgan fingerprint density at radius 2 is 1.59 bits per heavy atom. The molecule has 1 aliphatic carbocycles. The highest BCUT2D eigenvalue weighted by atomic mass is 16.2. The zero-order valence-electron chi connectivity index (χ0n) is 17.2. The number of imidazole rings is 1. The molecule has 6 nitrogen and oxygen atoms in total. The highest BCUT2D eigenvalue weighted by Gasteiger charge is 2.43. The molecular weight excluding hydrogens is 364 g/mol. The number of rotatable bonds is 3. The first kappa shape index (κ1) is 19.7. The lowest BCUT2D eigenvalue weighted by Gasteiger charge is -2.40. The molecule has 2 aliphatic rings. The van der Waals surface area contributed by atoms with E-state index in [0.29, 0.717) is 31.9 Å². The summed E-state index contributed by atoms with van der Waals surface area (Å²) in [6.07, 6.45) is 9.30. The van der Waals surface area contributed by atoms with Crippen LogP contribution in [0.15, 0.2) is 42.9 Å². The molecule has 6 heteroatoms. The van der Waals surface area contributed by atoms with Gasteiger partial charge in [0.2, 0.25) is 5.91 Å². The molecule has 2 aromatic rings. The molecule has 2 amide bonds. The highest BCUT2D eigenvalue weighted by Crippen LogP contribution is 2.41. The first-order valence-corrected chi connectivity index (χ1v) is 10.7. The molecule has 1 saturated heterocycles. The number of carbonyl (C=O) groups excluding carboxylic acids is 2. The van der Waals surface area contributed by atoms with Crippen molar-refractivity contribution in [3.05, 3.63) is 54.1 Å². The molecule has 0 N–H and O–H groups in total. The Bertz CT molecular complexity index is 855. The van der Waals surface area contributed by atoms with Crippen LogP contribution in [0, 0.1) is 0 Å². The van der Waals surface area contributed by atoms with Gasteiger partial charge in [0, 0.05) is 33.2 Å². The number of benzene rings is 1. The molecule has 0 unspecified atom stereocenters. The lowest BCUT2D eigenvalue weighted by molar-refractivity contribution is -0.138. The highest BCUT2D eigenvalue weighted by molar-refractivity contribution is 5.92. The van der Waals surface area contributed by atoms with E-state index in [1.807, 2.05) is 35.0 Å². The molecular formula is C23H30N4O2. The molecule has 1 aromatic heterocycles. The molecule has 0 radical (unpaired) electrons. The summed E-state index contributed by atoms with van der Waals surface area (Å²) in [5.74, 6) is 0.243. The molecule has 2 heterocycles. The van der Waals surface area contributed by atoms with Crippen LogP contribution in [-0.2, 0) is 17.3 Å². The average Bonchev–Trinajstić information content (AvgIpc) is 3.05. The number of amides is 2. The predicted octanol–water partition coefficient (Wildman–Crippen LogP) is 3.00. The summed E-state index contributed by atoms with van der Waals surface area (Å²) in [4.78, 5) is 34.6. The normalized spacial score (nSPS) is 19.6. The van der Waals surface area contributed by atoms with E-state index in [4.69, 9.17) is 0 Å². The number of aromatic nitrogens is 2. The van der Waals surface area contributed by atoms with Crippen LogP contribution in [0.25, 0.3) is 0 Å². The van der Waals surface area contributed by atoms with E-state index in [0.717, 1.165) is 37.7 Å². The maximum absolute atomic E-state index is 13.8. The largest absolute Gasteiger partial charge is 0.340 e. The fraction of sp³-hybridized carbons (Fsp3) is 0.522. The molecule has 154 valence electrons. The van der Waals surface area contributed by atoms with Crippen molar-refractivity contribution in [2.45, 2.75) is 43.9 Å². The molecule has 0 atom stereocenters. The third-order valence-corrected chi connectivity index (χ3v) is 6.55. The van der Waals surface area contributed by atoms with Crippen LogP contribution in [-0.4, -0.2) is 57.3 Å². The Morgan fingerprint density at radius 1 is 0.897 bits per heavy atom. The third kappa shape index (κ3) is 3.80. The van der Waals surface area contributed by atoms with Crippen LogP contribution >= 0.6 is 0 Å². The van der Waals surface area contributed by atoms with Crippen LogP contribution in [0.2, 0.25) is 0 Å². The van der Waals surface area contributed by atoms with Gasteiger partial charge in [-0.2, -0.15) is 0 Å². The fourth-order valence-electron chi connectivity index (χ4n) is 4.89. The Morgan fingerprint density at radius 3 is 2.28 bits per heavy atom. The van der Waals surface area contributed by atoms with Gasteiger partial charge in [-0.25, -0.2) is 4.98 Å². The van der Waals surface area contributed by atoms with E-state index in [2.05, 4.69) is 17.1 Å². The Kier molecular flexibility index (Phi) is 5.69. The van der Waals surface area contributed by atoms with Crippen LogP contribution in [0.4, 0.5) is 0 Å². The van der Waals surface area contributed by atoms with Crippen molar-refractivity contribution in [2.24, 2.45) is 7.05 Å². The minimum absolute atomic E-state index is 0.00487. The molecule has 0 spiro atoms. The maximum atomic E-state index is 13.8. The summed E-state index contributed by atoms with van der Waals surface area (Å²) in [5, 5.41) is 0. The maximum Gasteiger partial charge on any atom is 0.272 e. The minimum Gasteiger partial charge on any atom is -0.340 e. The Balaban J connectivity index is 1.51. The molecule has 1 aromatic carbocycles. The molecule has 2 fully saturated rings. The van der Waals surface area contributed by atoms with E-state index in [1.54, 1.807) is 17.1 Å². The van der Waals surface area contributed by atoms with Crippen molar-refractivity contribution in [1.82, 2.24) is 19.4 Å². The molecule has 4 rings (SSSR count). The first-order valence-electron chi connectivity index (χ1n) is 10.7. The van der Waals surface area contributed by atoms with Crippen LogP contribution < -0.4 is 0 Å². The van der Waals surface area contributed by atoms with Crippen LogP contribution in [0.3, 0.4) is 0 Å². The third-order valence-electron chi connectivity index (χ3n) is 6.55. The minimum atomic E-state index is -0.402. The molecule has 1 aliphatic heterocycles. The van der Waals surface area contributed by atoms with Crippen molar-refractivity contribution >= 4 is 11.8 Å². The Labute approximate surface area is 172 Å². The van der Waals surface area contributed by atoms with Gasteiger partial charge in [-0.05, 0) is 24.8 Å². The zero-order chi connectivity index (χ0) is 20.3. The van der Waals surface area contributed by atoms with Crippen molar-refractivity contribution in [1.29, 1.82) is 0 Å². The van der Waals surface area contributed by atoms with Gasteiger partial charge < -0.3 is 14.4 Å². The number of nitrogens with zero attached hydrogens (tertiary/aromatic N) is 4. The second-order valence-corrected chi connectivity index (χ2v) is 8.34. The zero-order valence-corrected chi connectivity index (χ0v) is 17.2. The van der Waals surface area contributed by atoms with Gasteiger partial charge in [0.05, 0.1) is 17.9 Å². The summed E-state index contributed by atoms with van der Waals surface area (Å²) >= 11 is 0. The van der Waals surface area contributed by atoms with E-state index in [-0.39, 0.29) is 11.8 Å². The topological polar surface area (TPSA) is 58.4 Å². The summed E-state index contributed by atoms with van der Waals surface area (Å²) in [5.41, 5.74) is 1.34. The second-order valence-electron chi connectivity index (χ2n) is 8.34. The molecule has 0 bridgehead atoms. The Hall–Kier alpha value is -2.63. The fourth-order valence-corrected chi connectivity index (χ4v) is 4.89. The van der Waals surface area contributed by atoms with Crippen molar-refractivity contribution in [3.63, 3.8) is 0 Å². The average molecular weight is 395 g/mol. The number of hydrogen-bond acceptors (Lipinski definition) is 3. The van der Waals surface area contributed by atoms with Gasteiger partial charge >= 0.3 is 0 Å². The summed E-state index contributed by atoms with van der Waals surface area (Å²) < 4.78 is 1.75. The molecule has 29 heavy (non-hydrogen) atoms. The standard InChI is InChI=1S/C23H30N4O2/c1-25-18-24-17-20(25)21(28)26-13-8-14-27(16-15-26)22(29)23(11-6-3-7-12-23)19-9-4-2-5-10-19/h2,4-5,9-10,17-18H,3,6-8,11-16H2,1H3. The van der Waals surface area contributed by atoms with Gasteiger partial charge in [0.15, 0.2) is 0 Å². The summed E-state index contributed by atoms with van der Waals surface area (Å²) in [6, 6.07) is 10.3. The predicted molar refractivity (Wildman–Crippen MR) is 112 cm³/mol. The van der Waals surface area contributed by atoms with Crippen molar-refractivity contribution < 1.29 is 9.59 Å². The number of hydrogen-bond donors (Lipinski definition) is 0. The first-order chi connectivity index (χ1) is 14.1. The van der Waals surface area contributed by atoms with Gasteiger partial charge in [-0.15, -0.1) is 0 Å². The van der Waals surface area contributed by atoms with Crippen molar-refractivity contribution in [3.8, 4) is 0 Å². The molecule has 1 saturated carbocycles. The van der Waals surface area contributed by atoms with Gasteiger partial charge in [0.1, 0.15) is 5.69 Å². The summed E-state index contributed by atoms with van der Waals surface area (Å²) in [7, 11) is 1.83. The van der Waals surface area contributed by atoms with Gasteiger partial charge in [-0.1, -0.05) is 49.6 Å². The monoisotopic (exact) mass is 394 g/mol. The van der Waals surface area contributed by atoms with Crippen molar-refractivity contribution in [2.75, 3.05) is 26.2 Å². The van der Waals surface area contributed by atoms with E-state index in [1.165, 1.54) is 6.42 Å². The second kappa shape index (κ2) is 8.39. The SMILES string of the molecule is Cn1cncc1C(=O)N1CCCN(C(=O)C2(c3ccccc3)CCCCC2)CC1. The quantitative estimate of drug-likeness (QED) is 0.804. The number of aryl methyl sites for hydroxylation is 1. The lowest BCUT2D eigenvalue weighted by atomic mass is 9.68. The lowest BCUT2D eigenvalue weighted by Crippen LogP contribution is -2.49. The van der Waals surface area contributed by atoms with E-state index < -0.39 is 5.41 Å². The van der Waals surface area contributed by atoms with Crippen LogP contribution in [0.5, 0.6) is 0 Å². The van der Waals surface area contributed by atoms with E-state index in [9.17, 15) is 9.59 Å². The number of carbonyl (C=O) groups is 2. The van der Waals surface area contributed by atoms with E-state index >= 15 is 0 Å². The van der Waals surface area contributed by atoms with Crippen LogP contribution in [0.1, 0.15) is 54.6 Å².